The average molecular weight is 401 g/mol. The Morgan fingerprint density at radius 3 is 2.66 bits per heavy atom. The molecule has 4 nitrogen and oxygen atoms in total. The molecule has 1 atom stereocenters. The van der Waals surface area contributed by atoms with Gasteiger partial charge in [-0.2, -0.15) is 0 Å². The molecule has 1 unspecified atom stereocenters. The topological polar surface area (TPSA) is 49.8 Å². The predicted molar refractivity (Wildman–Crippen MR) is 107 cm³/mol. The molecule has 0 aromatic heterocycles. The van der Waals surface area contributed by atoms with Crippen LogP contribution in [0.4, 0.5) is 8.78 Å². The Labute approximate surface area is 169 Å². The molecule has 0 saturated carbocycles. The standard InChI is InChI=1S/C23H25F2NO3/c1-29-20-8-3-17(4-9-20)5-10-22(28)26-12-2-11-23(15-26,16-27)14-18-6-7-19(24)13-21(18)25/h3-10,13,27H,2,11-12,14-16H2,1H3. The molecule has 29 heavy (non-hydrogen) atoms. The van der Waals surface area contributed by atoms with Crippen molar-refractivity contribution in [1.29, 1.82) is 0 Å². The Morgan fingerprint density at radius 1 is 1.24 bits per heavy atom. The smallest absolute Gasteiger partial charge is 0.246 e. The number of ether oxygens (including phenoxy) is 1. The highest BCUT2D eigenvalue weighted by atomic mass is 19.1. The predicted octanol–water partition coefficient (Wildman–Crippen LogP) is 3.83. The minimum atomic E-state index is -0.638. The zero-order valence-corrected chi connectivity index (χ0v) is 16.4. The number of piperidine rings is 1. The van der Waals surface area contributed by atoms with E-state index in [4.69, 9.17) is 4.74 Å². The molecule has 1 aliphatic rings. The monoisotopic (exact) mass is 401 g/mol. The molecule has 1 saturated heterocycles. The molecule has 2 aromatic rings. The molecule has 0 aliphatic carbocycles. The number of aliphatic hydroxyl groups is 1. The summed E-state index contributed by atoms with van der Waals surface area (Å²) >= 11 is 0. The summed E-state index contributed by atoms with van der Waals surface area (Å²) in [6.07, 6.45) is 4.88. The summed E-state index contributed by atoms with van der Waals surface area (Å²) in [4.78, 5) is 14.4. The lowest BCUT2D eigenvalue weighted by Crippen LogP contribution is -2.48. The third-order valence-electron chi connectivity index (χ3n) is 5.42. The Bertz CT molecular complexity index is 882. The molecule has 1 amide bonds. The molecule has 154 valence electrons. The van der Waals surface area contributed by atoms with Crippen LogP contribution in [0.1, 0.15) is 24.0 Å². The van der Waals surface area contributed by atoms with Crippen LogP contribution in [0, 0.1) is 17.0 Å². The summed E-state index contributed by atoms with van der Waals surface area (Å²) in [6.45, 7) is 0.737. The first-order chi connectivity index (χ1) is 13.9. The first kappa shape index (κ1) is 21.0. The van der Waals surface area contributed by atoms with Crippen LogP contribution in [0.25, 0.3) is 6.08 Å². The third-order valence-corrected chi connectivity index (χ3v) is 5.42. The largest absolute Gasteiger partial charge is 0.497 e. The number of hydrogen-bond donors (Lipinski definition) is 1. The lowest BCUT2D eigenvalue weighted by atomic mass is 9.75. The van der Waals surface area contributed by atoms with Crippen molar-refractivity contribution in [1.82, 2.24) is 4.90 Å². The number of halogens is 2. The van der Waals surface area contributed by atoms with E-state index in [1.165, 1.54) is 18.2 Å². The van der Waals surface area contributed by atoms with Crippen LogP contribution in [0.3, 0.4) is 0 Å². The quantitative estimate of drug-likeness (QED) is 0.749. The Morgan fingerprint density at radius 2 is 2.00 bits per heavy atom. The van der Waals surface area contributed by atoms with E-state index in [9.17, 15) is 18.7 Å². The second kappa shape index (κ2) is 9.18. The highest BCUT2D eigenvalue weighted by molar-refractivity contribution is 5.91. The molecule has 2 aromatic carbocycles. The van der Waals surface area contributed by atoms with Crippen molar-refractivity contribution in [3.05, 3.63) is 71.3 Å². The lowest BCUT2D eigenvalue weighted by Gasteiger charge is -2.41. The number of hydrogen-bond acceptors (Lipinski definition) is 3. The first-order valence-electron chi connectivity index (χ1n) is 9.60. The SMILES string of the molecule is COc1ccc(C=CC(=O)N2CCCC(CO)(Cc3ccc(F)cc3F)C2)cc1. The fourth-order valence-corrected chi connectivity index (χ4v) is 3.78. The van der Waals surface area contributed by atoms with Gasteiger partial charge in [0.05, 0.1) is 13.7 Å². The van der Waals surface area contributed by atoms with Gasteiger partial charge >= 0.3 is 0 Å². The number of nitrogens with zero attached hydrogens (tertiary/aromatic N) is 1. The van der Waals surface area contributed by atoms with Crippen LogP contribution in [-0.2, 0) is 11.2 Å². The number of carbonyl (C=O) groups is 1. The minimum Gasteiger partial charge on any atom is -0.497 e. The van der Waals surface area contributed by atoms with Gasteiger partial charge in [-0.1, -0.05) is 18.2 Å². The van der Waals surface area contributed by atoms with Gasteiger partial charge in [0.25, 0.3) is 0 Å². The lowest BCUT2D eigenvalue weighted by molar-refractivity contribution is -0.130. The molecule has 6 heteroatoms. The van der Waals surface area contributed by atoms with Crippen LogP contribution in [0.15, 0.2) is 48.5 Å². The molecular weight excluding hydrogens is 376 g/mol. The highest BCUT2D eigenvalue weighted by Gasteiger charge is 2.37. The van der Waals surface area contributed by atoms with Crippen molar-refractivity contribution in [3.63, 3.8) is 0 Å². The van der Waals surface area contributed by atoms with E-state index in [1.807, 2.05) is 24.3 Å². The second-order valence-electron chi connectivity index (χ2n) is 7.54. The maximum absolute atomic E-state index is 14.1. The zero-order valence-electron chi connectivity index (χ0n) is 16.4. The fraction of sp³-hybridized carbons (Fsp3) is 0.348. The van der Waals surface area contributed by atoms with E-state index in [0.29, 0.717) is 31.5 Å². The van der Waals surface area contributed by atoms with Crippen molar-refractivity contribution < 1.29 is 23.4 Å². The molecule has 1 aliphatic heterocycles. The zero-order chi connectivity index (χ0) is 20.9. The Hall–Kier alpha value is -2.73. The van der Waals surface area contributed by atoms with Gasteiger partial charge in [-0.25, -0.2) is 8.78 Å². The van der Waals surface area contributed by atoms with Crippen LogP contribution < -0.4 is 4.74 Å². The van der Waals surface area contributed by atoms with Gasteiger partial charge in [0.15, 0.2) is 0 Å². The van der Waals surface area contributed by atoms with Gasteiger partial charge in [-0.3, -0.25) is 4.79 Å². The summed E-state index contributed by atoms with van der Waals surface area (Å²) in [5.41, 5.74) is 0.585. The van der Waals surface area contributed by atoms with E-state index < -0.39 is 17.0 Å². The third kappa shape index (κ3) is 5.21. The van der Waals surface area contributed by atoms with E-state index in [1.54, 1.807) is 18.1 Å². The van der Waals surface area contributed by atoms with E-state index in [0.717, 1.165) is 17.4 Å². The minimum absolute atomic E-state index is 0.155. The van der Waals surface area contributed by atoms with Crippen molar-refractivity contribution in [2.45, 2.75) is 19.3 Å². The maximum Gasteiger partial charge on any atom is 0.246 e. The number of amides is 1. The molecule has 0 radical (unpaired) electrons. The Balaban J connectivity index is 1.70. The van der Waals surface area contributed by atoms with E-state index in [-0.39, 0.29) is 18.9 Å². The van der Waals surface area contributed by atoms with Crippen molar-refractivity contribution in [3.8, 4) is 5.75 Å². The van der Waals surface area contributed by atoms with Crippen LogP contribution in [0.5, 0.6) is 5.75 Å². The molecule has 0 bridgehead atoms. The molecule has 0 spiro atoms. The maximum atomic E-state index is 14.1. The van der Waals surface area contributed by atoms with Gasteiger partial charge in [0.1, 0.15) is 17.4 Å². The first-order valence-corrected chi connectivity index (χ1v) is 9.60. The van der Waals surface area contributed by atoms with Crippen molar-refractivity contribution >= 4 is 12.0 Å². The number of rotatable bonds is 6. The van der Waals surface area contributed by atoms with Gasteiger partial charge in [-0.05, 0) is 54.7 Å². The number of likely N-dealkylation sites (tertiary alicyclic amines) is 1. The van der Waals surface area contributed by atoms with Gasteiger partial charge in [0, 0.05) is 30.6 Å². The van der Waals surface area contributed by atoms with Crippen LogP contribution >= 0.6 is 0 Å². The van der Waals surface area contributed by atoms with E-state index in [2.05, 4.69) is 0 Å². The summed E-state index contributed by atoms with van der Waals surface area (Å²) in [5.74, 6) is -0.669. The fourth-order valence-electron chi connectivity index (χ4n) is 3.78. The van der Waals surface area contributed by atoms with Gasteiger partial charge < -0.3 is 14.7 Å². The number of aliphatic hydroxyl groups excluding tert-OH is 1. The summed E-state index contributed by atoms with van der Waals surface area (Å²) in [5, 5.41) is 10.0. The molecule has 1 N–H and O–H groups in total. The second-order valence-corrected chi connectivity index (χ2v) is 7.54. The molecular formula is C23H25F2NO3. The van der Waals surface area contributed by atoms with Crippen molar-refractivity contribution in [2.75, 3.05) is 26.8 Å². The summed E-state index contributed by atoms with van der Waals surface area (Å²) in [7, 11) is 1.59. The van der Waals surface area contributed by atoms with Crippen LogP contribution in [0.2, 0.25) is 0 Å². The number of benzene rings is 2. The van der Waals surface area contributed by atoms with Gasteiger partial charge in [0.2, 0.25) is 5.91 Å². The molecule has 1 heterocycles. The summed E-state index contributed by atoms with van der Waals surface area (Å²) < 4.78 is 32.4. The molecule has 3 rings (SSSR count). The van der Waals surface area contributed by atoms with Crippen molar-refractivity contribution in [2.24, 2.45) is 5.41 Å². The number of methoxy groups -OCH3 is 1. The normalized spacial score (nSPS) is 19.5. The number of carbonyl (C=O) groups excluding carboxylic acids is 1. The van der Waals surface area contributed by atoms with Crippen LogP contribution in [-0.4, -0.2) is 42.7 Å². The van der Waals surface area contributed by atoms with Gasteiger partial charge in [-0.15, -0.1) is 0 Å². The highest BCUT2D eigenvalue weighted by Crippen LogP contribution is 2.34. The molecule has 1 fully saturated rings. The summed E-state index contributed by atoms with van der Waals surface area (Å²) in [6, 6.07) is 10.8. The van der Waals surface area contributed by atoms with E-state index >= 15 is 0 Å². The Kier molecular flexibility index (Phi) is 6.64. The average Bonchev–Trinajstić information content (AvgIpc) is 2.74.